The van der Waals surface area contributed by atoms with Gasteiger partial charge in [-0.15, -0.1) is 0 Å². The van der Waals surface area contributed by atoms with E-state index in [-0.39, 0.29) is 12.5 Å². The van der Waals surface area contributed by atoms with Crippen LogP contribution >= 0.6 is 0 Å². The third-order valence-corrected chi connectivity index (χ3v) is 5.48. The summed E-state index contributed by atoms with van der Waals surface area (Å²) in [6.45, 7) is 11.8. The van der Waals surface area contributed by atoms with Gasteiger partial charge >= 0.3 is 0 Å². The Kier molecular flexibility index (Phi) is 16.5. The third kappa shape index (κ3) is 15.9. The van der Waals surface area contributed by atoms with Crippen LogP contribution in [0.15, 0.2) is 76.5 Å². The molecule has 0 saturated heterocycles. The van der Waals surface area contributed by atoms with E-state index in [1.54, 1.807) is 20.0 Å². The molecule has 0 fully saturated rings. The van der Waals surface area contributed by atoms with Crippen molar-refractivity contribution in [3.63, 3.8) is 0 Å². The van der Waals surface area contributed by atoms with Crippen molar-refractivity contribution in [2.45, 2.75) is 65.5 Å². The van der Waals surface area contributed by atoms with Crippen molar-refractivity contribution >= 4 is 18.0 Å². The molecule has 0 saturated carbocycles. The van der Waals surface area contributed by atoms with Crippen molar-refractivity contribution < 1.29 is 19.1 Å². The Hall–Kier alpha value is -3.07. The van der Waals surface area contributed by atoms with E-state index in [2.05, 4.69) is 27.8 Å². The maximum Gasteiger partial charge on any atom is 0.240 e. The van der Waals surface area contributed by atoms with Crippen LogP contribution < -0.4 is 16.4 Å². The zero-order chi connectivity index (χ0) is 28.2. The summed E-state index contributed by atoms with van der Waals surface area (Å²) in [6, 6.07) is -0.405. The first-order chi connectivity index (χ1) is 18.1. The lowest BCUT2D eigenvalue weighted by Gasteiger charge is -2.24. The monoisotopic (exact) mass is 526 g/mol. The third-order valence-electron chi connectivity index (χ3n) is 5.48. The Morgan fingerprint density at radius 3 is 2.74 bits per heavy atom. The molecule has 2 amide bonds. The topological polar surface area (TPSA) is 115 Å². The van der Waals surface area contributed by atoms with Gasteiger partial charge in [0.05, 0.1) is 31.4 Å². The number of nitrogens with two attached hydrogens (primary N) is 1. The number of amides is 2. The molecule has 8 heteroatoms. The van der Waals surface area contributed by atoms with E-state index >= 15 is 0 Å². The number of allylic oxidation sites excluding steroid dienone is 8. The number of rotatable bonds is 18. The van der Waals surface area contributed by atoms with Crippen LogP contribution in [0.2, 0.25) is 0 Å². The van der Waals surface area contributed by atoms with E-state index in [1.807, 2.05) is 57.2 Å². The minimum atomic E-state index is -1.01. The second-order valence-electron chi connectivity index (χ2n) is 9.92. The summed E-state index contributed by atoms with van der Waals surface area (Å²) in [5, 5.41) is 5.61. The van der Waals surface area contributed by atoms with Gasteiger partial charge in [-0.05, 0) is 70.6 Å². The molecule has 0 bridgehead atoms. The van der Waals surface area contributed by atoms with Crippen LogP contribution in [-0.2, 0) is 19.1 Å². The predicted molar refractivity (Wildman–Crippen MR) is 156 cm³/mol. The first-order valence-electron chi connectivity index (χ1n) is 13.1. The van der Waals surface area contributed by atoms with Crippen molar-refractivity contribution in [1.29, 1.82) is 0 Å². The fraction of sp³-hybridized carbons (Fsp3) is 0.500. The average molecular weight is 527 g/mol. The molecule has 0 aliphatic heterocycles. The Balaban J connectivity index is 2.67. The minimum absolute atomic E-state index is 0.266. The fourth-order valence-electron chi connectivity index (χ4n) is 3.10. The standard InChI is InChI=1S/C30H46N4O4/c1-24(13-12-14-25(2)20-37-18-11-10-17-32-23-35)19-33-26(3)28(34-29(36)30(4,5)31)22-38-21-27-15-8-6-7-9-16-27/h6,8-9,12-16,19,23,28H,7,10-11,17-18,20-22,31H2,1-5H3,(H,32,35)(H,34,36)/b13-12-,24-19+,25-14+,33-26?. The lowest BCUT2D eigenvalue weighted by atomic mass is 10.1. The van der Waals surface area contributed by atoms with Crippen molar-refractivity contribution in [2.24, 2.45) is 10.7 Å². The summed E-state index contributed by atoms with van der Waals surface area (Å²) in [5.41, 5.74) is 8.84. The van der Waals surface area contributed by atoms with E-state index < -0.39 is 11.6 Å². The number of hydrogen-bond donors (Lipinski definition) is 3. The molecule has 0 aromatic rings. The first kappa shape index (κ1) is 33.0. The molecule has 210 valence electrons. The smallest absolute Gasteiger partial charge is 0.240 e. The van der Waals surface area contributed by atoms with Crippen LogP contribution in [0.5, 0.6) is 0 Å². The van der Waals surface area contributed by atoms with Crippen molar-refractivity contribution in [2.75, 3.05) is 33.0 Å². The molecule has 0 aromatic carbocycles. The molecule has 1 rings (SSSR count). The number of carbonyl (C=O) groups excluding carboxylic acids is 2. The van der Waals surface area contributed by atoms with Gasteiger partial charge in [-0.1, -0.05) is 48.6 Å². The van der Waals surface area contributed by atoms with Gasteiger partial charge in [-0.25, -0.2) is 0 Å². The Bertz CT molecular complexity index is 950. The van der Waals surface area contributed by atoms with Gasteiger partial charge in [0.2, 0.25) is 12.3 Å². The van der Waals surface area contributed by atoms with E-state index in [4.69, 9.17) is 15.2 Å². The van der Waals surface area contributed by atoms with Gasteiger partial charge in [-0.3, -0.25) is 14.6 Å². The van der Waals surface area contributed by atoms with E-state index in [1.165, 1.54) is 0 Å². The number of nitrogens with one attached hydrogen (secondary N) is 2. The maximum atomic E-state index is 12.5. The molecule has 4 N–H and O–H groups in total. The normalized spacial score (nSPS) is 15.8. The molecule has 1 aliphatic carbocycles. The van der Waals surface area contributed by atoms with Gasteiger partial charge in [0.15, 0.2) is 0 Å². The van der Waals surface area contributed by atoms with Gasteiger partial charge in [0.1, 0.15) is 0 Å². The summed E-state index contributed by atoms with van der Waals surface area (Å²) >= 11 is 0. The molecule has 1 atom stereocenters. The van der Waals surface area contributed by atoms with E-state index in [0.29, 0.717) is 32.8 Å². The number of aliphatic imine (C=N–C) groups is 1. The van der Waals surface area contributed by atoms with Gasteiger partial charge in [0.25, 0.3) is 0 Å². The molecule has 38 heavy (non-hydrogen) atoms. The lowest BCUT2D eigenvalue weighted by molar-refractivity contribution is -0.125. The maximum absolute atomic E-state index is 12.5. The van der Waals surface area contributed by atoms with Gasteiger partial charge in [0, 0.05) is 25.1 Å². The van der Waals surface area contributed by atoms with Crippen LogP contribution in [0.25, 0.3) is 0 Å². The first-order valence-corrected chi connectivity index (χ1v) is 13.1. The summed E-state index contributed by atoms with van der Waals surface area (Å²) in [6.07, 6.45) is 21.4. The molecular weight excluding hydrogens is 480 g/mol. The predicted octanol–water partition coefficient (Wildman–Crippen LogP) is 4.08. The molecule has 0 heterocycles. The number of carbonyl (C=O) groups is 2. The van der Waals surface area contributed by atoms with E-state index in [9.17, 15) is 9.59 Å². The van der Waals surface area contributed by atoms with Crippen molar-refractivity contribution in [3.8, 4) is 0 Å². The summed E-state index contributed by atoms with van der Waals surface area (Å²) in [4.78, 5) is 27.3. The molecule has 8 nitrogen and oxygen atoms in total. The zero-order valence-electron chi connectivity index (χ0n) is 23.7. The highest BCUT2D eigenvalue weighted by Gasteiger charge is 2.25. The number of ether oxygens (including phenoxy) is 2. The largest absolute Gasteiger partial charge is 0.377 e. The van der Waals surface area contributed by atoms with Crippen LogP contribution in [0, 0.1) is 0 Å². The van der Waals surface area contributed by atoms with Crippen LogP contribution in [0.1, 0.15) is 53.9 Å². The summed E-state index contributed by atoms with van der Waals surface area (Å²) in [5.74, 6) is -0.266. The Morgan fingerprint density at radius 2 is 2.00 bits per heavy atom. The Morgan fingerprint density at radius 1 is 1.21 bits per heavy atom. The zero-order valence-corrected chi connectivity index (χ0v) is 23.7. The number of nitrogens with zero attached hydrogens (tertiary/aromatic N) is 1. The fourth-order valence-corrected chi connectivity index (χ4v) is 3.10. The lowest BCUT2D eigenvalue weighted by Crippen LogP contribution is -2.54. The highest BCUT2D eigenvalue weighted by molar-refractivity contribution is 5.94. The molecule has 1 unspecified atom stereocenters. The van der Waals surface area contributed by atoms with Crippen molar-refractivity contribution in [3.05, 3.63) is 71.5 Å². The molecular formula is C30H46N4O4. The molecule has 0 spiro atoms. The van der Waals surface area contributed by atoms with Gasteiger partial charge in [-0.2, -0.15) is 0 Å². The van der Waals surface area contributed by atoms with E-state index in [0.717, 1.165) is 41.7 Å². The van der Waals surface area contributed by atoms with Crippen LogP contribution in [-0.4, -0.2) is 62.6 Å². The second-order valence-corrected chi connectivity index (χ2v) is 9.92. The average Bonchev–Trinajstić information content (AvgIpc) is 3.14. The molecule has 0 radical (unpaired) electrons. The van der Waals surface area contributed by atoms with Crippen molar-refractivity contribution in [1.82, 2.24) is 10.6 Å². The minimum Gasteiger partial charge on any atom is -0.377 e. The quantitative estimate of drug-likeness (QED) is 0.108. The second kappa shape index (κ2) is 19.1. The SMILES string of the molecule is CC(=N/C=C(C)/C=C\C=C(/C)COCCCCNC=O)C(COCC1=CC=CCC=C1)NC(=O)C(C)(C)N. The highest BCUT2D eigenvalue weighted by Crippen LogP contribution is 2.07. The van der Waals surface area contributed by atoms with Gasteiger partial charge < -0.3 is 25.8 Å². The van der Waals surface area contributed by atoms with Crippen LogP contribution in [0.4, 0.5) is 0 Å². The number of unbranched alkanes of at least 4 members (excludes halogenated alkanes) is 1. The summed E-state index contributed by atoms with van der Waals surface area (Å²) in [7, 11) is 0. The van der Waals surface area contributed by atoms with Crippen LogP contribution in [0.3, 0.4) is 0 Å². The number of hydrogen-bond acceptors (Lipinski definition) is 6. The Labute approximate surface area is 228 Å². The molecule has 1 aliphatic rings. The highest BCUT2D eigenvalue weighted by atomic mass is 16.5. The summed E-state index contributed by atoms with van der Waals surface area (Å²) < 4.78 is 11.6. The molecule has 0 aromatic heterocycles.